The van der Waals surface area contributed by atoms with Gasteiger partial charge < -0.3 is 0 Å². The van der Waals surface area contributed by atoms with Crippen molar-refractivity contribution in [3.05, 3.63) is 61.7 Å². The predicted molar refractivity (Wildman–Crippen MR) is 103 cm³/mol. The van der Waals surface area contributed by atoms with Crippen molar-refractivity contribution in [1.82, 2.24) is 0 Å². The van der Waals surface area contributed by atoms with Crippen LogP contribution in [-0.2, 0) is 0 Å². The second-order valence-electron chi connectivity index (χ2n) is 6.26. The Kier molecular flexibility index (Phi) is 8.14. The van der Waals surface area contributed by atoms with Gasteiger partial charge in [0.05, 0.1) is 15.9 Å². The summed E-state index contributed by atoms with van der Waals surface area (Å²) in [7, 11) is 0. The molecule has 1 N–H and O–H groups in total. The maximum Gasteiger partial charge on any atom is 0.301 e. The number of non-ortho nitro benzene ring substituents is 1. The van der Waals surface area contributed by atoms with Gasteiger partial charge in [-0.25, -0.2) is 0 Å². The number of nitrogens with one attached hydrogen (secondary N) is 1. The Bertz CT molecular complexity index is 752. The zero-order valence-corrected chi connectivity index (χ0v) is 15.4. The molecule has 1 rings (SSSR count). The molecule has 26 heavy (non-hydrogen) atoms. The van der Waals surface area contributed by atoms with Crippen molar-refractivity contribution in [2.75, 3.05) is 5.43 Å². The molecule has 0 saturated carbocycles. The van der Waals surface area contributed by atoms with Crippen LogP contribution in [0.1, 0.15) is 40.5 Å². The Hall–Kier alpha value is -3.03. The quantitative estimate of drug-likeness (QED) is 0.280. The highest BCUT2D eigenvalue weighted by Gasteiger charge is 2.18. The van der Waals surface area contributed by atoms with Gasteiger partial charge in [-0.2, -0.15) is 5.10 Å². The molecule has 0 atom stereocenters. The van der Waals surface area contributed by atoms with Crippen LogP contribution < -0.4 is 5.43 Å². The topological polar surface area (TPSA) is 111 Å². The van der Waals surface area contributed by atoms with Crippen molar-refractivity contribution in [1.29, 1.82) is 0 Å². The SMILES string of the molecule is C/C(=C\C=N\Nc1ccc([N+](=O)[O-])cc1[N+](=O)[O-])CC/C=C(\C)C(C)C. The first-order chi connectivity index (χ1) is 12.2. The average Bonchev–Trinajstić information content (AvgIpc) is 2.58. The van der Waals surface area contributed by atoms with Crippen LogP contribution in [0, 0.1) is 26.1 Å². The molecule has 140 valence electrons. The van der Waals surface area contributed by atoms with Crippen molar-refractivity contribution >= 4 is 23.3 Å². The summed E-state index contributed by atoms with van der Waals surface area (Å²) < 4.78 is 0. The van der Waals surface area contributed by atoms with Crippen LogP contribution in [-0.4, -0.2) is 16.1 Å². The Balaban J connectivity index is 2.69. The lowest BCUT2D eigenvalue weighted by Crippen LogP contribution is -1.98. The van der Waals surface area contributed by atoms with Crippen molar-refractivity contribution < 1.29 is 9.85 Å². The highest BCUT2D eigenvalue weighted by molar-refractivity contribution is 5.74. The molecule has 1 aromatic carbocycles. The summed E-state index contributed by atoms with van der Waals surface area (Å²) in [5.74, 6) is 0.544. The number of anilines is 1. The normalized spacial score (nSPS) is 12.7. The number of nitro groups is 2. The number of nitrogens with zero attached hydrogens (tertiary/aromatic N) is 3. The molecule has 8 nitrogen and oxygen atoms in total. The number of allylic oxidation sites excluding steroid dienone is 4. The van der Waals surface area contributed by atoms with Crippen LogP contribution in [0.3, 0.4) is 0 Å². The molecule has 0 aliphatic carbocycles. The Labute approximate surface area is 152 Å². The molecule has 0 saturated heterocycles. The Morgan fingerprint density at radius 2 is 1.92 bits per heavy atom. The summed E-state index contributed by atoms with van der Waals surface area (Å²) in [5.41, 5.74) is 4.40. The largest absolute Gasteiger partial charge is 0.301 e. The molecular formula is C18H24N4O4. The first kappa shape index (κ1) is 21.0. The van der Waals surface area contributed by atoms with E-state index in [4.69, 9.17) is 0 Å². The van der Waals surface area contributed by atoms with E-state index in [1.54, 1.807) is 0 Å². The van der Waals surface area contributed by atoms with Gasteiger partial charge in [0.25, 0.3) is 5.69 Å². The van der Waals surface area contributed by atoms with Crippen molar-refractivity contribution in [2.24, 2.45) is 11.0 Å². The van der Waals surface area contributed by atoms with E-state index in [9.17, 15) is 20.2 Å². The van der Waals surface area contributed by atoms with Crippen LogP contribution in [0.25, 0.3) is 0 Å². The first-order valence-corrected chi connectivity index (χ1v) is 8.26. The van der Waals surface area contributed by atoms with Gasteiger partial charge in [0.15, 0.2) is 0 Å². The van der Waals surface area contributed by atoms with Crippen LogP contribution >= 0.6 is 0 Å². The van der Waals surface area contributed by atoms with Gasteiger partial charge in [-0.3, -0.25) is 25.7 Å². The molecule has 0 heterocycles. The van der Waals surface area contributed by atoms with E-state index in [0.717, 1.165) is 24.5 Å². The summed E-state index contributed by atoms with van der Waals surface area (Å²) in [6.07, 6.45) is 7.40. The van der Waals surface area contributed by atoms with E-state index in [0.29, 0.717) is 5.92 Å². The smallest absolute Gasteiger partial charge is 0.272 e. The average molecular weight is 360 g/mol. The van der Waals surface area contributed by atoms with Crippen molar-refractivity contribution in [3.8, 4) is 0 Å². The van der Waals surface area contributed by atoms with Gasteiger partial charge in [0.2, 0.25) is 0 Å². The summed E-state index contributed by atoms with van der Waals surface area (Å²) >= 11 is 0. The van der Waals surface area contributed by atoms with Crippen molar-refractivity contribution in [2.45, 2.75) is 40.5 Å². The minimum Gasteiger partial charge on any atom is -0.272 e. The maximum atomic E-state index is 11.0. The molecule has 0 aliphatic heterocycles. The Morgan fingerprint density at radius 1 is 1.23 bits per heavy atom. The molecule has 0 aliphatic rings. The molecule has 0 radical (unpaired) electrons. The third-order valence-corrected chi connectivity index (χ3v) is 3.92. The van der Waals surface area contributed by atoms with Gasteiger partial charge in [0, 0.05) is 12.3 Å². The number of hydrogen-bond donors (Lipinski definition) is 1. The van der Waals surface area contributed by atoms with E-state index in [1.165, 1.54) is 23.9 Å². The van der Waals surface area contributed by atoms with E-state index < -0.39 is 15.5 Å². The first-order valence-electron chi connectivity index (χ1n) is 8.26. The van der Waals surface area contributed by atoms with Crippen LogP contribution in [0.5, 0.6) is 0 Å². The second-order valence-corrected chi connectivity index (χ2v) is 6.26. The van der Waals surface area contributed by atoms with Crippen molar-refractivity contribution in [3.63, 3.8) is 0 Å². The highest BCUT2D eigenvalue weighted by Crippen LogP contribution is 2.28. The molecule has 0 aromatic heterocycles. The molecule has 1 aromatic rings. The zero-order chi connectivity index (χ0) is 19.7. The number of hydrogen-bond acceptors (Lipinski definition) is 6. The summed E-state index contributed by atoms with van der Waals surface area (Å²) in [6.45, 7) is 8.42. The standard InChI is InChI=1S/C18H24N4O4/c1-13(2)15(4)7-5-6-14(3)10-11-19-20-17-9-8-16(21(23)24)12-18(17)22(25)26/h7-13,20H,5-6H2,1-4H3/b14-10+,15-7+,19-11+. The number of benzene rings is 1. The van der Waals surface area contributed by atoms with E-state index in [-0.39, 0.29) is 11.4 Å². The Morgan fingerprint density at radius 3 is 2.50 bits per heavy atom. The maximum absolute atomic E-state index is 11.0. The lowest BCUT2D eigenvalue weighted by molar-refractivity contribution is -0.393. The van der Waals surface area contributed by atoms with Gasteiger partial charge in [-0.05, 0) is 44.7 Å². The second kappa shape index (κ2) is 10.1. The predicted octanol–water partition coefficient (Wildman–Crippen LogP) is 5.23. The van der Waals surface area contributed by atoms with Crippen LogP contribution in [0.4, 0.5) is 17.1 Å². The lowest BCUT2D eigenvalue weighted by Gasteiger charge is -2.04. The highest BCUT2D eigenvalue weighted by atomic mass is 16.6. The van der Waals surface area contributed by atoms with Gasteiger partial charge in [-0.15, -0.1) is 0 Å². The molecule has 0 amide bonds. The number of nitro benzene ring substituents is 2. The number of hydrazone groups is 1. The summed E-state index contributed by atoms with van der Waals surface area (Å²) in [6, 6.07) is 3.36. The fourth-order valence-electron chi connectivity index (χ4n) is 2.00. The fraction of sp³-hybridized carbons (Fsp3) is 0.389. The van der Waals surface area contributed by atoms with Gasteiger partial charge in [-0.1, -0.05) is 31.1 Å². The monoisotopic (exact) mass is 360 g/mol. The summed E-state index contributed by atoms with van der Waals surface area (Å²) in [5, 5.41) is 25.7. The third kappa shape index (κ3) is 6.84. The van der Waals surface area contributed by atoms with Gasteiger partial charge >= 0.3 is 5.69 Å². The molecule has 0 fully saturated rings. The minimum absolute atomic E-state index is 0.0957. The molecule has 0 spiro atoms. The molecule has 8 heteroatoms. The van der Waals surface area contributed by atoms with E-state index in [2.05, 4.69) is 37.4 Å². The van der Waals surface area contributed by atoms with E-state index in [1.807, 2.05) is 13.0 Å². The summed E-state index contributed by atoms with van der Waals surface area (Å²) in [4.78, 5) is 20.4. The number of rotatable bonds is 9. The molecule has 0 bridgehead atoms. The zero-order valence-electron chi connectivity index (χ0n) is 15.4. The van der Waals surface area contributed by atoms with Crippen LogP contribution in [0.15, 0.2) is 46.6 Å². The van der Waals surface area contributed by atoms with Gasteiger partial charge in [0.1, 0.15) is 5.69 Å². The fourth-order valence-corrected chi connectivity index (χ4v) is 2.00. The van der Waals surface area contributed by atoms with E-state index >= 15 is 0 Å². The molecular weight excluding hydrogens is 336 g/mol. The molecule has 0 unspecified atom stereocenters. The van der Waals surface area contributed by atoms with Crippen LogP contribution in [0.2, 0.25) is 0 Å². The lowest BCUT2D eigenvalue weighted by atomic mass is 10.0. The third-order valence-electron chi connectivity index (χ3n) is 3.92. The minimum atomic E-state index is -0.685.